The molecule has 5 heteroatoms. The van der Waals surface area contributed by atoms with E-state index >= 15 is 0 Å². The van der Waals surface area contributed by atoms with Crippen LogP contribution < -0.4 is 0 Å². The van der Waals surface area contributed by atoms with E-state index in [0.29, 0.717) is 31.0 Å². The van der Waals surface area contributed by atoms with Crippen LogP contribution in [0.25, 0.3) is 0 Å². The SMILES string of the molecule is Cc1oc(C)c(C(=O)N2CCN(CC#N)CC2)c1C. The Balaban J connectivity index is 2.08. The summed E-state index contributed by atoms with van der Waals surface area (Å²) < 4.78 is 5.52. The fraction of sp³-hybridized carbons (Fsp3) is 0.571. The normalized spacial score (nSPS) is 16.4. The molecule has 5 nitrogen and oxygen atoms in total. The first-order valence-electron chi connectivity index (χ1n) is 6.49. The van der Waals surface area contributed by atoms with Crippen LogP contribution in [0.1, 0.15) is 27.4 Å². The molecule has 0 atom stereocenters. The molecule has 0 unspecified atom stereocenters. The highest BCUT2D eigenvalue weighted by Gasteiger charge is 2.26. The van der Waals surface area contributed by atoms with E-state index in [9.17, 15) is 4.79 Å². The summed E-state index contributed by atoms with van der Waals surface area (Å²) in [4.78, 5) is 16.4. The van der Waals surface area contributed by atoms with Gasteiger partial charge in [0.25, 0.3) is 5.91 Å². The van der Waals surface area contributed by atoms with Crippen molar-refractivity contribution < 1.29 is 9.21 Å². The zero-order valence-electron chi connectivity index (χ0n) is 11.7. The lowest BCUT2D eigenvalue weighted by Crippen LogP contribution is -2.48. The third kappa shape index (κ3) is 2.64. The maximum Gasteiger partial charge on any atom is 0.257 e. The van der Waals surface area contributed by atoms with E-state index in [0.717, 1.165) is 24.4 Å². The average molecular weight is 261 g/mol. The fourth-order valence-electron chi connectivity index (χ4n) is 2.48. The summed E-state index contributed by atoms with van der Waals surface area (Å²) >= 11 is 0. The first-order chi connectivity index (χ1) is 9.04. The van der Waals surface area contributed by atoms with Crippen LogP contribution in [-0.2, 0) is 0 Å². The van der Waals surface area contributed by atoms with E-state index in [1.54, 1.807) is 0 Å². The lowest BCUT2D eigenvalue weighted by molar-refractivity contribution is 0.0649. The van der Waals surface area contributed by atoms with Gasteiger partial charge in [-0.1, -0.05) is 0 Å². The molecule has 0 aliphatic carbocycles. The second-order valence-electron chi connectivity index (χ2n) is 4.94. The van der Waals surface area contributed by atoms with Crippen LogP contribution in [0.5, 0.6) is 0 Å². The van der Waals surface area contributed by atoms with Gasteiger partial charge >= 0.3 is 0 Å². The van der Waals surface area contributed by atoms with Gasteiger partial charge in [0, 0.05) is 31.7 Å². The molecule has 0 saturated carbocycles. The molecule has 1 saturated heterocycles. The Labute approximate surface area is 113 Å². The molecule has 0 N–H and O–H groups in total. The van der Waals surface area contributed by atoms with Crippen LogP contribution in [0.3, 0.4) is 0 Å². The number of rotatable bonds is 2. The number of carbonyl (C=O) groups is 1. The third-order valence-electron chi connectivity index (χ3n) is 3.73. The predicted molar refractivity (Wildman–Crippen MR) is 70.9 cm³/mol. The Kier molecular flexibility index (Phi) is 3.91. The van der Waals surface area contributed by atoms with Crippen LogP contribution in [0.15, 0.2) is 4.42 Å². The summed E-state index contributed by atoms with van der Waals surface area (Å²) in [5, 5.41) is 8.66. The highest BCUT2D eigenvalue weighted by atomic mass is 16.3. The minimum atomic E-state index is 0.0449. The fourth-order valence-corrected chi connectivity index (χ4v) is 2.48. The topological polar surface area (TPSA) is 60.5 Å². The van der Waals surface area contributed by atoms with E-state index in [2.05, 4.69) is 11.0 Å². The first kappa shape index (κ1) is 13.6. The highest BCUT2D eigenvalue weighted by Crippen LogP contribution is 2.22. The molecule has 0 spiro atoms. The lowest BCUT2D eigenvalue weighted by Gasteiger charge is -2.33. The Bertz CT molecular complexity index is 520. The maximum absolute atomic E-state index is 12.5. The summed E-state index contributed by atoms with van der Waals surface area (Å²) in [5.74, 6) is 1.55. The van der Waals surface area contributed by atoms with Crippen molar-refractivity contribution in [2.75, 3.05) is 32.7 Å². The zero-order valence-corrected chi connectivity index (χ0v) is 11.7. The second kappa shape index (κ2) is 5.45. The lowest BCUT2D eigenvalue weighted by atomic mass is 10.1. The maximum atomic E-state index is 12.5. The van der Waals surface area contributed by atoms with Crippen LogP contribution >= 0.6 is 0 Å². The third-order valence-corrected chi connectivity index (χ3v) is 3.73. The van der Waals surface area contributed by atoms with Crippen molar-refractivity contribution in [3.05, 3.63) is 22.6 Å². The van der Waals surface area contributed by atoms with Gasteiger partial charge in [-0.05, 0) is 20.8 Å². The van der Waals surface area contributed by atoms with Crippen LogP contribution in [0, 0.1) is 32.1 Å². The number of hydrogen-bond acceptors (Lipinski definition) is 4. The van der Waals surface area contributed by atoms with Gasteiger partial charge in [-0.2, -0.15) is 5.26 Å². The summed E-state index contributed by atoms with van der Waals surface area (Å²) in [7, 11) is 0. The van der Waals surface area contributed by atoms with Crippen LogP contribution in [0.4, 0.5) is 0 Å². The Hall–Kier alpha value is -1.80. The van der Waals surface area contributed by atoms with Gasteiger partial charge in [0.15, 0.2) is 0 Å². The molecule has 1 fully saturated rings. The molecule has 1 aromatic rings. The molecular weight excluding hydrogens is 242 g/mol. The molecule has 1 aromatic heterocycles. The number of nitrogens with zero attached hydrogens (tertiary/aromatic N) is 3. The van der Waals surface area contributed by atoms with Gasteiger partial charge in [0.1, 0.15) is 11.5 Å². The van der Waals surface area contributed by atoms with E-state index in [-0.39, 0.29) is 5.91 Å². The minimum absolute atomic E-state index is 0.0449. The summed E-state index contributed by atoms with van der Waals surface area (Å²) in [6, 6.07) is 2.14. The van der Waals surface area contributed by atoms with Crippen molar-refractivity contribution in [1.29, 1.82) is 5.26 Å². The van der Waals surface area contributed by atoms with Gasteiger partial charge in [0.2, 0.25) is 0 Å². The number of piperazine rings is 1. The van der Waals surface area contributed by atoms with Gasteiger partial charge in [0.05, 0.1) is 18.2 Å². The van der Waals surface area contributed by atoms with E-state index < -0.39 is 0 Å². The Morgan fingerprint density at radius 3 is 2.32 bits per heavy atom. The van der Waals surface area contributed by atoms with Crippen molar-refractivity contribution in [2.24, 2.45) is 0 Å². The van der Waals surface area contributed by atoms with E-state index in [1.807, 2.05) is 25.7 Å². The number of amides is 1. The molecule has 0 radical (unpaired) electrons. The number of hydrogen-bond donors (Lipinski definition) is 0. The molecule has 0 bridgehead atoms. The molecule has 102 valence electrons. The first-order valence-corrected chi connectivity index (χ1v) is 6.49. The monoisotopic (exact) mass is 261 g/mol. The molecule has 1 amide bonds. The molecule has 2 heterocycles. The van der Waals surface area contributed by atoms with Gasteiger partial charge in [-0.15, -0.1) is 0 Å². The number of carbonyl (C=O) groups excluding carboxylic acids is 1. The largest absolute Gasteiger partial charge is 0.466 e. The number of furan rings is 1. The van der Waals surface area contributed by atoms with Crippen molar-refractivity contribution in [2.45, 2.75) is 20.8 Å². The molecular formula is C14H19N3O2. The molecule has 1 aliphatic rings. The predicted octanol–water partition coefficient (Wildman–Crippen LogP) is 1.49. The van der Waals surface area contributed by atoms with Crippen LogP contribution in [-0.4, -0.2) is 48.4 Å². The molecule has 19 heavy (non-hydrogen) atoms. The number of aryl methyl sites for hydroxylation is 2. The van der Waals surface area contributed by atoms with Gasteiger partial charge < -0.3 is 9.32 Å². The molecule has 1 aliphatic heterocycles. The summed E-state index contributed by atoms with van der Waals surface area (Å²) in [5.41, 5.74) is 1.63. The zero-order chi connectivity index (χ0) is 14.0. The second-order valence-corrected chi connectivity index (χ2v) is 4.94. The van der Waals surface area contributed by atoms with Crippen molar-refractivity contribution >= 4 is 5.91 Å². The standard InChI is InChI=1S/C14H19N3O2/c1-10-11(2)19-12(3)13(10)14(18)17-8-6-16(5-4-15)7-9-17/h5-9H2,1-3H3. The van der Waals surface area contributed by atoms with Gasteiger partial charge in [-0.3, -0.25) is 9.69 Å². The minimum Gasteiger partial charge on any atom is -0.466 e. The Morgan fingerprint density at radius 1 is 1.21 bits per heavy atom. The average Bonchev–Trinajstić information content (AvgIpc) is 2.64. The van der Waals surface area contributed by atoms with Crippen molar-refractivity contribution in [1.82, 2.24) is 9.80 Å². The Morgan fingerprint density at radius 2 is 1.84 bits per heavy atom. The molecule has 2 rings (SSSR count). The molecule has 0 aromatic carbocycles. The van der Waals surface area contributed by atoms with E-state index in [1.165, 1.54) is 0 Å². The number of nitriles is 1. The summed E-state index contributed by atoms with van der Waals surface area (Å²) in [6.45, 7) is 8.93. The smallest absolute Gasteiger partial charge is 0.257 e. The summed E-state index contributed by atoms with van der Waals surface area (Å²) in [6.07, 6.45) is 0. The van der Waals surface area contributed by atoms with Crippen molar-refractivity contribution in [3.63, 3.8) is 0 Å². The quantitative estimate of drug-likeness (QED) is 0.757. The van der Waals surface area contributed by atoms with Gasteiger partial charge in [-0.25, -0.2) is 0 Å². The van der Waals surface area contributed by atoms with Crippen LogP contribution in [0.2, 0.25) is 0 Å². The van der Waals surface area contributed by atoms with Crippen molar-refractivity contribution in [3.8, 4) is 6.07 Å². The highest BCUT2D eigenvalue weighted by molar-refractivity contribution is 5.97. The van der Waals surface area contributed by atoms with E-state index in [4.69, 9.17) is 9.68 Å².